The SMILES string of the molecule is CP(O)(O)(O)c1cc(-c2ncc3c(N4C[C@H]5CC[C@@H](C4)N5)nc(OCC45CCCN4CCC5)nc3c2F)c2ccccc2c1. The predicted molar refractivity (Wildman–Crippen MR) is 170 cm³/mol. The van der Waals surface area contributed by atoms with Crippen molar-refractivity contribution < 1.29 is 23.8 Å². The summed E-state index contributed by atoms with van der Waals surface area (Å²) in [5.41, 5.74) is 0.427. The fourth-order valence-corrected chi connectivity index (χ4v) is 8.81. The number of ether oxygens (including phenoxy) is 1. The van der Waals surface area contributed by atoms with E-state index >= 15 is 4.39 Å². The van der Waals surface area contributed by atoms with Crippen LogP contribution in [-0.2, 0) is 0 Å². The number of nitrogens with one attached hydrogen (secondary N) is 1. The molecular weight excluding hydrogens is 582 g/mol. The van der Waals surface area contributed by atoms with Gasteiger partial charge in [-0.05, 0) is 25.9 Å². The first-order chi connectivity index (χ1) is 21.0. The zero-order chi connectivity index (χ0) is 30.3. The third-order valence-electron chi connectivity index (χ3n) is 10.1. The van der Waals surface area contributed by atoms with Gasteiger partial charge in [0.2, 0.25) is 0 Å². The monoisotopic (exact) mass is 620 g/mol. The number of anilines is 1. The van der Waals surface area contributed by atoms with Gasteiger partial charge >= 0.3 is 229 Å². The Morgan fingerprint density at radius 1 is 1.02 bits per heavy atom. The Morgan fingerprint density at radius 3 is 2.48 bits per heavy atom. The first-order valence-corrected chi connectivity index (χ1v) is 18.1. The van der Waals surface area contributed by atoms with Gasteiger partial charge in [0.25, 0.3) is 0 Å². The standard InChI is InChI=1S/C32H38FN6O4P/c1-44(40,41,42)23-14-20-6-2-3-7-24(20)25(15-23)28-27(33)29-26(16-34-28)30(38-17-21-8-9-22(18-38)35-21)37-31(36-29)43-19-32-10-4-12-39(32)13-5-11-32/h2-3,6-7,14-16,21-22,35,40-42H,4-5,8-13,17-19H2,1H3/t21-,22+. The number of benzene rings is 2. The molecule has 0 amide bonds. The molecule has 2 bridgehead atoms. The zero-order valence-electron chi connectivity index (χ0n) is 24.8. The van der Waals surface area contributed by atoms with E-state index in [1.54, 1.807) is 18.3 Å². The van der Waals surface area contributed by atoms with E-state index in [1.165, 1.54) is 12.1 Å². The molecule has 44 heavy (non-hydrogen) atoms. The minimum absolute atomic E-state index is 0.00305. The van der Waals surface area contributed by atoms with Gasteiger partial charge in [0.1, 0.15) is 0 Å². The van der Waals surface area contributed by atoms with Gasteiger partial charge in [0.05, 0.1) is 0 Å². The van der Waals surface area contributed by atoms with E-state index < -0.39 is 13.1 Å². The first kappa shape index (κ1) is 28.4. The van der Waals surface area contributed by atoms with E-state index in [2.05, 4.69) is 25.1 Å². The quantitative estimate of drug-likeness (QED) is 0.238. The summed E-state index contributed by atoms with van der Waals surface area (Å²) in [5.74, 6) is -0.0325. The van der Waals surface area contributed by atoms with Crippen molar-refractivity contribution in [2.45, 2.75) is 56.1 Å². The van der Waals surface area contributed by atoms with Crippen LogP contribution in [0.5, 0.6) is 6.01 Å². The van der Waals surface area contributed by atoms with Crippen LogP contribution in [0.2, 0.25) is 0 Å². The van der Waals surface area contributed by atoms with Gasteiger partial charge in [-0.1, -0.05) is 0 Å². The molecule has 4 aromatic rings. The Hall–Kier alpha value is -3.05. The van der Waals surface area contributed by atoms with Crippen molar-refractivity contribution in [2.24, 2.45) is 0 Å². The maximum atomic E-state index is 16.8. The van der Waals surface area contributed by atoms with Crippen molar-refractivity contribution in [3.8, 4) is 17.3 Å². The maximum absolute atomic E-state index is 16.8. The molecule has 232 valence electrons. The molecule has 12 heteroatoms. The summed E-state index contributed by atoms with van der Waals surface area (Å²) >= 11 is 0. The molecule has 4 fully saturated rings. The predicted octanol–water partition coefficient (Wildman–Crippen LogP) is 3.46. The molecular formula is C32H38FN6O4P. The molecule has 6 heterocycles. The molecule has 0 unspecified atom stereocenters. The summed E-state index contributed by atoms with van der Waals surface area (Å²) in [6.45, 7) is 5.12. The number of piperazine rings is 1. The van der Waals surface area contributed by atoms with E-state index in [1.807, 2.05) is 12.1 Å². The van der Waals surface area contributed by atoms with Crippen molar-refractivity contribution in [1.82, 2.24) is 25.2 Å². The van der Waals surface area contributed by atoms with Crippen LogP contribution in [0.15, 0.2) is 42.6 Å². The third-order valence-corrected chi connectivity index (χ3v) is 11.6. The number of pyridine rings is 1. The summed E-state index contributed by atoms with van der Waals surface area (Å²) in [5, 5.41) is 5.36. The number of rotatable bonds is 6. The average molecular weight is 621 g/mol. The van der Waals surface area contributed by atoms with Crippen LogP contribution in [0, 0.1) is 5.82 Å². The zero-order valence-corrected chi connectivity index (χ0v) is 25.7. The Balaban J connectivity index is 1.27. The van der Waals surface area contributed by atoms with Crippen LogP contribution in [0.1, 0.15) is 38.5 Å². The minimum atomic E-state index is -5.16. The van der Waals surface area contributed by atoms with Crippen molar-refractivity contribution >= 4 is 40.1 Å². The Kier molecular flexibility index (Phi) is 6.44. The van der Waals surface area contributed by atoms with Gasteiger partial charge in [0.15, 0.2) is 0 Å². The average Bonchev–Trinajstić information content (AvgIpc) is 3.68. The van der Waals surface area contributed by atoms with Crippen molar-refractivity contribution in [2.75, 3.05) is 44.4 Å². The molecule has 4 saturated heterocycles. The van der Waals surface area contributed by atoms with E-state index in [0.717, 1.165) is 71.4 Å². The van der Waals surface area contributed by atoms with Crippen LogP contribution in [0.3, 0.4) is 0 Å². The summed E-state index contributed by atoms with van der Waals surface area (Å²) < 4.78 is 23.2. The van der Waals surface area contributed by atoms with Gasteiger partial charge in [-0.25, -0.2) is 0 Å². The van der Waals surface area contributed by atoms with Crippen LogP contribution < -0.4 is 20.3 Å². The van der Waals surface area contributed by atoms with Crippen molar-refractivity contribution in [3.05, 3.63) is 48.4 Å². The molecule has 0 saturated carbocycles. The van der Waals surface area contributed by atoms with Gasteiger partial charge in [0, 0.05) is 0 Å². The van der Waals surface area contributed by atoms with Crippen LogP contribution in [0.4, 0.5) is 10.2 Å². The number of aromatic nitrogens is 3. The van der Waals surface area contributed by atoms with E-state index in [9.17, 15) is 14.7 Å². The molecule has 0 radical (unpaired) electrons. The molecule has 2 atom stereocenters. The number of fused-ring (bicyclic) bond motifs is 5. The molecule has 4 aliphatic rings. The number of nitrogens with zero attached hydrogens (tertiary/aromatic N) is 5. The summed E-state index contributed by atoms with van der Waals surface area (Å²) in [7, 11) is -5.16. The second-order valence-corrected chi connectivity index (χ2v) is 16.7. The Bertz CT molecular complexity index is 1770. The summed E-state index contributed by atoms with van der Waals surface area (Å²) in [4.78, 5) is 50.6. The molecule has 10 nitrogen and oxygen atoms in total. The molecule has 4 aliphatic heterocycles. The Labute approximate surface area is 255 Å². The third kappa shape index (κ3) is 4.81. The normalized spacial score (nSPS) is 24.1. The second kappa shape index (κ2) is 9.97. The molecule has 4 N–H and O–H groups in total. The molecule has 0 spiro atoms. The topological polar surface area (TPSA) is 127 Å². The van der Waals surface area contributed by atoms with Crippen LogP contribution in [0.25, 0.3) is 32.9 Å². The van der Waals surface area contributed by atoms with E-state index in [-0.39, 0.29) is 28.1 Å². The number of hydrogen-bond acceptors (Lipinski definition) is 10. The van der Waals surface area contributed by atoms with Gasteiger partial charge in [-0.15, -0.1) is 0 Å². The van der Waals surface area contributed by atoms with E-state index in [0.29, 0.717) is 46.2 Å². The van der Waals surface area contributed by atoms with Gasteiger partial charge in [-0.2, -0.15) is 0 Å². The number of hydrogen-bond donors (Lipinski definition) is 4. The van der Waals surface area contributed by atoms with Crippen LogP contribution in [-0.4, -0.2) is 91.6 Å². The molecule has 0 aliphatic carbocycles. The summed E-state index contributed by atoms with van der Waals surface area (Å²) in [6.07, 6.45) is 8.22. The fraction of sp³-hybridized carbons (Fsp3) is 0.469. The summed E-state index contributed by atoms with van der Waals surface area (Å²) in [6, 6.07) is 11.0. The molecule has 2 aromatic heterocycles. The molecule has 2 aromatic carbocycles. The van der Waals surface area contributed by atoms with E-state index in [4.69, 9.17) is 9.72 Å². The number of halogens is 1. The fourth-order valence-electron chi connectivity index (χ4n) is 7.94. The van der Waals surface area contributed by atoms with Crippen molar-refractivity contribution in [3.63, 3.8) is 0 Å². The second-order valence-electron chi connectivity index (χ2n) is 13.4. The van der Waals surface area contributed by atoms with Crippen molar-refractivity contribution in [1.29, 1.82) is 0 Å². The molecule has 8 rings (SSSR count). The van der Waals surface area contributed by atoms with Gasteiger partial charge < -0.3 is 0 Å². The van der Waals surface area contributed by atoms with Gasteiger partial charge in [-0.3, -0.25) is 0 Å². The Morgan fingerprint density at radius 2 is 1.75 bits per heavy atom. The van der Waals surface area contributed by atoms with Crippen LogP contribution >= 0.6 is 7.28 Å². The first-order valence-electron chi connectivity index (χ1n) is 15.6.